The zero-order chi connectivity index (χ0) is 19.5. The van der Waals surface area contributed by atoms with Crippen LogP contribution in [0, 0.1) is 18.8 Å². The Morgan fingerprint density at radius 2 is 1.82 bits per heavy atom. The molecule has 3 atom stereocenters. The summed E-state index contributed by atoms with van der Waals surface area (Å²) >= 11 is 0. The summed E-state index contributed by atoms with van der Waals surface area (Å²) in [7, 11) is 2.00. The molecule has 4 rings (SSSR count). The van der Waals surface area contributed by atoms with E-state index in [4.69, 9.17) is 4.99 Å². The summed E-state index contributed by atoms with van der Waals surface area (Å²) in [6.45, 7) is 6.97. The summed E-state index contributed by atoms with van der Waals surface area (Å²) < 4.78 is 2.02. The third-order valence-corrected chi connectivity index (χ3v) is 6.47. The number of hydrogen-bond acceptors (Lipinski definition) is 3. The standard InChI is InChI=1S/C22H32N6/c1-16(18-9-5-4-6-10-18)24-22(23-13-21-26-25-17(2)27(21)3)28-14-19-11-7-8-12-20(19)15-28/h4-6,9-10,16,19-20H,7-8,11-15H2,1-3H3,(H,23,24). The zero-order valence-corrected chi connectivity index (χ0v) is 17.3. The monoisotopic (exact) mass is 380 g/mol. The fourth-order valence-corrected chi connectivity index (χ4v) is 4.57. The number of nitrogens with one attached hydrogen (secondary N) is 1. The maximum Gasteiger partial charge on any atom is 0.194 e. The van der Waals surface area contributed by atoms with Crippen molar-refractivity contribution in [3.05, 3.63) is 47.5 Å². The summed E-state index contributed by atoms with van der Waals surface area (Å²) in [5, 5.41) is 12.2. The minimum absolute atomic E-state index is 0.212. The van der Waals surface area contributed by atoms with Gasteiger partial charge in [-0.1, -0.05) is 43.2 Å². The lowest BCUT2D eigenvalue weighted by Crippen LogP contribution is -2.41. The number of fused-ring (bicyclic) bond motifs is 1. The van der Waals surface area contributed by atoms with Crippen LogP contribution in [0.15, 0.2) is 35.3 Å². The minimum Gasteiger partial charge on any atom is -0.350 e. The smallest absolute Gasteiger partial charge is 0.194 e. The molecule has 6 heteroatoms. The van der Waals surface area contributed by atoms with Gasteiger partial charge in [-0.2, -0.15) is 0 Å². The molecule has 2 aromatic rings. The number of nitrogens with zero attached hydrogens (tertiary/aromatic N) is 5. The van der Waals surface area contributed by atoms with Gasteiger partial charge in [0.05, 0.1) is 6.04 Å². The molecule has 1 saturated heterocycles. The molecular weight excluding hydrogens is 348 g/mol. The maximum absolute atomic E-state index is 4.98. The quantitative estimate of drug-likeness (QED) is 0.652. The Balaban J connectivity index is 1.53. The fourth-order valence-electron chi connectivity index (χ4n) is 4.57. The lowest BCUT2D eigenvalue weighted by atomic mass is 9.82. The zero-order valence-electron chi connectivity index (χ0n) is 17.3. The van der Waals surface area contributed by atoms with Gasteiger partial charge in [0.1, 0.15) is 12.4 Å². The number of aryl methyl sites for hydroxylation is 1. The number of rotatable bonds is 4. The highest BCUT2D eigenvalue weighted by Gasteiger charge is 2.36. The molecule has 6 nitrogen and oxygen atoms in total. The first kappa shape index (κ1) is 19.0. The van der Waals surface area contributed by atoms with E-state index in [1.807, 2.05) is 18.5 Å². The normalized spacial score (nSPS) is 23.5. The summed E-state index contributed by atoms with van der Waals surface area (Å²) in [5.74, 6) is 4.48. The van der Waals surface area contributed by atoms with Crippen LogP contribution < -0.4 is 5.32 Å². The van der Waals surface area contributed by atoms with Crippen molar-refractivity contribution in [3.8, 4) is 0 Å². The van der Waals surface area contributed by atoms with Crippen LogP contribution in [0.4, 0.5) is 0 Å². The highest BCUT2D eigenvalue weighted by atomic mass is 15.3. The van der Waals surface area contributed by atoms with Crippen molar-refractivity contribution >= 4 is 5.96 Å². The van der Waals surface area contributed by atoms with Gasteiger partial charge in [0.2, 0.25) is 0 Å². The van der Waals surface area contributed by atoms with Gasteiger partial charge in [-0.25, -0.2) is 4.99 Å². The van der Waals surface area contributed by atoms with E-state index in [9.17, 15) is 0 Å². The average Bonchev–Trinajstić information content (AvgIpc) is 3.29. The summed E-state index contributed by atoms with van der Waals surface area (Å²) in [5.41, 5.74) is 1.28. The van der Waals surface area contributed by atoms with Crippen LogP contribution in [-0.4, -0.2) is 38.7 Å². The number of likely N-dealkylation sites (tertiary alicyclic amines) is 1. The van der Waals surface area contributed by atoms with E-state index in [0.717, 1.165) is 42.5 Å². The van der Waals surface area contributed by atoms with Crippen molar-refractivity contribution in [2.75, 3.05) is 13.1 Å². The largest absolute Gasteiger partial charge is 0.350 e. The van der Waals surface area contributed by atoms with Crippen LogP contribution >= 0.6 is 0 Å². The molecule has 28 heavy (non-hydrogen) atoms. The second-order valence-electron chi connectivity index (χ2n) is 8.35. The fraction of sp³-hybridized carbons (Fsp3) is 0.591. The van der Waals surface area contributed by atoms with Gasteiger partial charge in [-0.15, -0.1) is 10.2 Å². The predicted molar refractivity (Wildman–Crippen MR) is 112 cm³/mol. The molecule has 0 spiro atoms. The van der Waals surface area contributed by atoms with Crippen molar-refractivity contribution in [1.29, 1.82) is 0 Å². The van der Waals surface area contributed by atoms with E-state index in [2.05, 4.69) is 57.7 Å². The number of guanidine groups is 1. The first-order valence-corrected chi connectivity index (χ1v) is 10.6. The topological polar surface area (TPSA) is 58.3 Å². The third-order valence-electron chi connectivity index (χ3n) is 6.47. The Morgan fingerprint density at radius 3 is 2.43 bits per heavy atom. The van der Waals surface area contributed by atoms with Crippen molar-refractivity contribution < 1.29 is 0 Å². The average molecular weight is 381 g/mol. The predicted octanol–water partition coefficient (Wildman–Crippen LogP) is 3.45. The lowest BCUT2D eigenvalue weighted by molar-refractivity contribution is 0.299. The number of benzene rings is 1. The molecule has 3 unspecified atom stereocenters. The van der Waals surface area contributed by atoms with Crippen molar-refractivity contribution in [2.45, 2.75) is 52.1 Å². The molecule has 1 aromatic carbocycles. The molecule has 2 heterocycles. The van der Waals surface area contributed by atoms with Crippen LogP contribution in [-0.2, 0) is 13.6 Å². The minimum atomic E-state index is 0.212. The molecule has 0 bridgehead atoms. The van der Waals surface area contributed by atoms with Gasteiger partial charge >= 0.3 is 0 Å². The summed E-state index contributed by atoms with van der Waals surface area (Å²) in [6.07, 6.45) is 5.50. The van der Waals surface area contributed by atoms with Crippen LogP contribution in [0.5, 0.6) is 0 Å². The molecule has 2 fully saturated rings. The molecule has 0 radical (unpaired) electrons. The molecule has 150 valence electrons. The van der Waals surface area contributed by atoms with E-state index in [-0.39, 0.29) is 6.04 Å². The van der Waals surface area contributed by atoms with Gasteiger partial charge in [0.15, 0.2) is 11.8 Å². The van der Waals surface area contributed by atoms with E-state index >= 15 is 0 Å². The lowest BCUT2D eigenvalue weighted by Gasteiger charge is -2.25. The Labute approximate surface area is 168 Å². The van der Waals surface area contributed by atoms with Crippen LogP contribution in [0.1, 0.15) is 55.9 Å². The van der Waals surface area contributed by atoms with E-state index < -0.39 is 0 Å². The number of aliphatic imine (C=N–C) groups is 1. The molecule has 2 aliphatic rings. The maximum atomic E-state index is 4.98. The number of hydrogen-bond donors (Lipinski definition) is 1. The van der Waals surface area contributed by atoms with Gasteiger partial charge in [-0.3, -0.25) is 0 Å². The Kier molecular flexibility index (Phi) is 5.64. The SMILES string of the molecule is Cc1nnc(CN=C(NC(C)c2ccccc2)N2CC3CCCCC3C2)n1C. The molecule has 1 aliphatic carbocycles. The molecule has 1 aromatic heterocycles. The van der Waals surface area contributed by atoms with Gasteiger partial charge < -0.3 is 14.8 Å². The second-order valence-corrected chi connectivity index (χ2v) is 8.35. The summed E-state index contributed by atoms with van der Waals surface area (Å²) in [6, 6.07) is 10.8. The second kappa shape index (κ2) is 8.33. The van der Waals surface area contributed by atoms with Crippen molar-refractivity contribution in [2.24, 2.45) is 23.9 Å². The van der Waals surface area contributed by atoms with Crippen molar-refractivity contribution in [1.82, 2.24) is 25.0 Å². The third kappa shape index (κ3) is 4.05. The van der Waals surface area contributed by atoms with E-state index in [1.54, 1.807) is 0 Å². The van der Waals surface area contributed by atoms with E-state index in [0.29, 0.717) is 6.54 Å². The first-order chi connectivity index (χ1) is 13.6. The highest BCUT2D eigenvalue weighted by Crippen LogP contribution is 2.36. The van der Waals surface area contributed by atoms with E-state index in [1.165, 1.54) is 31.2 Å². The number of aromatic nitrogens is 3. The van der Waals surface area contributed by atoms with Gasteiger partial charge in [0.25, 0.3) is 0 Å². The molecular formula is C22H32N6. The van der Waals surface area contributed by atoms with Crippen LogP contribution in [0.3, 0.4) is 0 Å². The molecule has 1 saturated carbocycles. The molecule has 0 amide bonds. The molecule has 1 aliphatic heterocycles. The Bertz CT molecular complexity index is 798. The molecule has 1 N–H and O–H groups in total. The Hall–Kier alpha value is -2.37. The highest BCUT2D eigenvalue weighted by molar-refractivity contribution is 5.80. The van der Waals surface area contributed by atoms with Gasteiger partial charge in [-0.05, 0) is 44.1 Å². The van der Waals surface area contributed by atoms with Crippen LogP contribution in [0.2, 0.25) is 0 Å². The first-order valence-electron chi connectivity index (χ1n) is 10.6. The van der Waals surface area contributed by atoms with Crippen LogP contribution in [0.25, 0.3) is 0 Å². The Morgan fingerprint density at radius 1 is 1.14 bits per heavy atom. The van der Waals surface area contributed by atoms with Crippen molar-refractivity contribution in [3.63, 3.8) is 0 Å². The van der Waals surface area contributed by atoms with Gasteiger partial charge in [0, 0.05) is 20.1 Å². The summed E-state index contributed by atoms with van der Waals surface area (Å²) in [4.78, 5) is 7.46.